The predicted molar refractivity (Wildman–Crippen MR) is 349 cm³/mol. The van der Waals surface area contributed by atoms with Gasteiger partial charge in [-0.15, -0.1) is 0 Å². The summed E-state index contributed by atoms with van der Waals surface area (Å²) in [6, 6.07) is 0. The maximum atomic E-state index is 13.0. The first kappa shape index (κ1) is 85.1. The van der Waals surface area contributed by atoms with Gasteiger partial charge in [0.15, 0.2) is 12.2 Å². The lowest BCUT2D eigenvalue weighted by molar-refractivity contribution is -0.161. The number of rotatable bonds is 66. The number of esters is 4. The second-order valence-corrected chi connectivity index (χ2v) is 28.4. The zero-order chi connectivity index (χ0) is 64.5. The van der Waals surface area contributed by atoms with Crippen LogP contribution in [0.1, 0.15) is 337 Å². The van der Waals surface area contributed by atoms with Crippen molar-refractivity contribution in [1.82, 2.24) is 0 Å². The molecule has 0 heterocycles. The van der Waals surface area contributed by atoms with Gasteiger partial charge in [-0.25, -0.2) is 9.13 Å². The number of phosphoric acid groups is 2. The van der Waals surface area contributed by atoms with Gasteiger partial charge in [-0.05, 0) is 43.4 Å². The quantitative estimate of drug-likeness (QED) is 0.0222. The topological polar surface area (TPSA) is 237 Å². The standard InChI is InChI=1S/C68H132O17P2/c1-8-11-12-13-14-15-16-17-20-23-26-35-42-49-65(70)78-55-63(84-67(72)51-44-37-27-24-21-18-19-22-25-32-39-46-59(4)5)57-82-86(74,75)80-53-62(69)54-81-87(76,77)83-58-64(85-68(73)52-45-38-31-29-34-41-48-61(7)10-3)56-79-66(71)50-43-36-30-28-33-40-47-60(6)9-2/h59-64,69H,8-58H2,1-7H3,(H,74,75)(H,76,77)/t60?,61?,62-,63-,64-/m1/s1. The molecule has 0 saturated carbocycles. The van der Waals surface area contributed by atoms with Gasteiger partial charge in [0.1, 0.15) is 19.3 Å². The highest BCUT2D eigenvalue weighted by atomic mass is 31.2. The smallest absolute Gasteiger partial charge is 0.462 e. The van der Waals surface area contributed by atoms with Crippen LogP contribution in [0.5, 0.6) is 0 Å². The Morgan fingerprint density at radius 3 is 0.874 bits per heavy atom. The zero-order valence-electron chi connectivity index (χ0n) is 56.5. The lowest BCUT2D eigenvalue weighted by Gasteiger charge is -2.21. The Balaban J connectivity index is 5.26. The summed E-state index contributed by atoms with van der Waals surface area (Å²) in [5.74, 6) is 0.0843. The average Bonchev–Trinajstić information content (AvgIpc) is 3.54. The van der Waals surface area contributed by atoms with Gasteiger partial charge in [0.05, 0.1) is 26.4 Å². The number of phosphoric ester groups is 2. The van der Waals surface area contributed by atoms with E-state index in [4.69, 9.17) is 37.0 Å². The van der Waals surface area contributed by atoms with Crippen molar-refractivity contribution >= 4 is 39.5 Å². The highest BCUT2D eigenvalue weighted by Gasteiger charge is 2.30. The van der Waals surface area contributed by atoms with E-state index in [-0.39, 0.29) is 25.7 Å². The number of carbonyl (C=O) groups excluding carboxylic acids is 4. The third-order valence-electron chi connectivity index (χ3n) is 16.4. The molecular formula is C68H132O17P2. The van der Waals surface area contributed by atoms with Crippen molar-refractivity contribution in [3.63, 3.8) is 0 Å². The van der Waals surface area contributed by atoms with E-state index in [1.54, 1.807) is 0 Å². The number of aliphatic hydroxyl groups excluding tert-OH is 1. The number of hydrogen-bond donors (Lipinski definition) is 3. The second-order valence-electron chi connectivity index (χ2n) is 25.5. The molecule has 19 heteroatoms. The van der Waals surface area contributed by atoms with Crippen LogP contribution in [0.15, 0.2) is 0 Å². The van der Waals surface area contributed by atoms with Crippen molar-refractivity contribution in [3.8, 4) is 0 Å². The van der Waals surface area contributed by atoms with Crippen LogP contribution in [0.25, 0.3) is 0 Å². The third kappa shape index (κ3) is 60.1. The first-order valence-electron chi connectivity index (χ1n) is 35.4. The number of unbranched alkanes of at least 4 members (excludes halogenated alkanes) is 32. The molecule has 0 bridgehead atoms. The van der Waals surface area contributed by atoms with E-state index < -0.39 is 97.5 Å². The largest absolute Gasteiger partial charge is 0.472 e. The highest BCUT2D eigenvalue weighted by molar-refractivity contribution is 7.47. The fourth-order valence-corrected chi connectivity index (χ4v) is 11.7. The SMILES string of the molecule is CCCCCCCCCCCCCCCC(=O)OC[C@H](COP(=O)(O)OC[C@@H](O)COP(=O)(O)OC[C@@H](COC(=O)CCCCCCCCC(C)CC)OC(=O)CCCCCCCCC(C)CC)OC(=O)CCCCCCCCCCCCCC(C)C. The van der Waals surface area contributed by atoms with E-state index in [2.05, 4.69) is 48.5 Å². The summed E-state index contributed by atoms with van der Waals surface area (Å²) in [5.41, 5.74) is 0. The lowest BCUT2D eigenvalue weighted by Crippen LogP contribution is -2.30. The Morgan fingerprint density at radius 2 is 0.586 bits per heavy atom. The molecule has 0 radical (unpaired) electrons. The van der Waals surface area contributed by atoms with Gasteiger partial charge in [0.25, 0.3) is 0 Å². The lowest BCUT2D eigenvalue weighted by atomic mass is 10.00. The van der Waals surface area contributed by atoms with Crippen LogP contribution in [0.2, 0.25) is 0 Å². The summed E-state index contributed by atoms with van der Waals surface area (Å²) in [6.45, 7) is 11.7. The summed E-state index contributed by atoms with van der Waals surface area (Å²) in [7, 11) is -9.90. The molecule has 0 saturated heterocycles. The Hall–Kier alpha value is -1.94. The van der Waals surface area contributed by atoms with Gasteiger partial charge in [-0.1, -0.05) is 286 Å². The van der Waals surface area contributed by atoms with E-state index in [9.17, 15) is 43.2 Å². The van der Waals surface area contributed by atoms with Crippen molar-refractivity contribution in [2.75, 3.05) is 39.6 Å². The minimum Gasteiger partial charge on any atom is -0.462 e. The Labute approximate surface area is 530 Å². The van der Waals surface area contributed by atoms with Crippen LogP contribution in [0.4, 0.5) is 0 Å². The predicted octanol–water partition coefficient (Wildman–Crippen LogP) is 19.1. The van der Waals surface area contributed by atoms with E-state index in [1.807, 2.05) is 0 Å². The molecule has 516 valence electrons. The maximum absolute atomic E-state index is 13.0. The molecular weight excluding hydrogens is 1150 g/mol. The minimum atomic E-state index is -4.95. The molecule has 0 aliphatic carbocycles. The first-order valence-corrected chi connectivity index (χ1v) is 38.4. The van der Waals surface area contributed by atoms with Crippen LogP contribution in [-0.2, 0) is 65.4 Å². The van der Waals surface area contributed by atoms with Crippen molar-refractivity contribution in [1.29, 1.82) is 0 Å². The average molecular weight is 1280 g/mol. The summed E-state index contributed by atoms with van der Waals surface area (Å²) < 4.78 is 68.2. The van der Waals surface area contributed by atoms with Crippen molar-refractivity contribution < 1.29 is 80.2 Å². The Bertz CT molecular complexity index is 1720. The van der Waals surface area contributed by atoms with Crippen molar-refractivity contribution in [3.05, 3.63) is 0 Å². The number of hydrogen-bond acceptors (Lipinski definition) is 15. The summed E-state index contributed by atoms with van der Waals surface area (Å²) in [4.78, 5) is 72.4. The number of ether oxygens (including phenoxy) is 4. The van der Waals surface area contributed by atoms with Gasteiger partial charge in [-0.3, -0.25) is 37.3 Å². The molecule has 0 aliphatic rings. The molecule has 87 heavy (non-hydrogen) atoms. The number of aliphatic hydroxyl groups is 1. The van der Waals surface area contributed by atoms with E-state index in [1.165, 1.54) is 141 Å². The molecule has 0 aromatic heterocycles. The van der Waals surface area contributed by atoms with Gasteiger partial charge in [0, 0.05) is 25.7 Å². The first-order chi connectivity index (χ1) is 41.8. The highest BCUT2D eigenvalue weighted by Crippen LogP contribution is 2.45. The molecule has 4 unspecified atom stereocenters. The number of carbonyl (C=O) groups is 4. The summed E-state index contributed by atoms with van der Waals surface area (Å²) in [6.07, 6.45) is 41.7. The van der Waals surface area contributed by atoms with E-state index in [0.29, 0.717) is 25.7 Å². The van der Waals surface area contributed by atoms with Gasteiger partial charge >= 0.3 is 39.5 Å². The van der Waals surface area contributed by atoms with Crippen molar-refractivity contribution in [2.24, 2.45) is 17.8 Å². The molecule has 0 fully saturated rings. The molecule has 17 nitrogen and oxygen atoms in total. The fourth-order valence-electron chi connectivity index (χ4n) is 10.1. The normalized spacial score (nSPS) is 14.9. The zero-order valence-corrected chi connectivity index (χ0v) is 58.3. The Morgan fingerprint density at radius 1 is 0.333 bits per heavy atom. The molecule has 0 aromatic carbocycles. The van der Waals surface area contributed by atoms with Gasteiger partial charge in [0.2, 0.25) is 0 Å². The summed E-state index contributed by atoms with van der Waals surface area (Å²) in [5, 5.41) is 10.6. The minimum absolute atomic E-state index is 0.102. The molecule has 3 N–H and O–H groups in total. The van der Waals surface area contributed by atoms with Crippen LogP contribution >= 0.6 is 15.6 Å². The van der Waals surface area contributed by atoms with Gasteiger partial charge < -0.3 is 33.8 Å². The molecule has 0 rings (SSSR count). The summed E-state index contributed by atoms with van der Waals surface area (Å²) >= 11 is 0. The molecule has 0 aromatic rings. The maximum Gasteiger partial charge on any atom is 0.472 e. The van der Waals surface area contributed by atoms with Crippen LogP contribution in [0.3, 0.4) is 0 Å². The van der Waals surface area contributed by atoms with Crippen LogP contribution in [0, 0.1) is 17.8 Å². The van der Waals surface area contributed by atoms with E-state index in [0.717, 1.165) is 114 Å². The van der Waals surface area contributed by atoms with Crippen LogP contribution in [-0.4, -0.2) is 96.7 Å². The monoisotopic (exact) mass is 1280 g/mol. The molecule has 0 spiro atoms. The Kier molecular flexibility index (Phi) is 57.8. The fraction of sp³-hybridized carbons (Fsp3) is 0.941. The second kappa shape index (κ2) is 59.1. The van der Waals surface area contributed by atoms with Crippen LogP contribution < -0.4 is 0 Å². The molecule has 7 atom stereocenters. The molecule has 0 aliphatic heterocycles. The third-order valence-corrected chi connectivity index (χ3v) is 18.3. The van der Waals surface area contributed by atoms with E-state index >= 15 is 0 Å². The van der Waals surface area contributed by atoms with Gasteiger partial charge in [-0.2, -0.15) is 0 Å². The molecule has 0 amide bonds. The van der Waals surface area contributed by atoms with Crippen molar-refractivity contribution in [2.45, 2.75) is 356 Å².